The maximum Gasteiger partial charge on any atom is 0.326 e. The number of thioether (sulfide) groups is 1. The van der Waals surface area contributed by atoms with Crippen LogP contribution >= 0.6 is 11.8 Å². The molecule has 1 saturated carbocycles. The highest BCUT2D eigenvalue weighted by atomic mass is 32.2. The maximum atomic E-state index is 14.0. The third kappa shape index (κ3) is 7.23. The Morgan fingerprint density at radius 2 is 1.94 bits per heavy atom. The van der Waals surface area contributed by atoms with E-state index < -0.39 is 17.4 Å². The highest BCUT2D eigenvalue weighted by Crippen LogP contribution is 2.43. The lowest BCUT2D eigenvalue weighted by Crippen LogP contribution is -2.54. The van der Waals surface area contributed by atoms with Gasteiger partial charge in [-0.2, -0.15) is 11.8 Å². The van der Waals surface area contributed by atoms with Crippen LogP contribution in [0.3, 0.4) is 0 Å². The third-order valence-corrected chi connectivity index (χ3v) is 8.34. The zero-order chi connectivity index (χ0) is 25.3. The standard InChI is InChI=1S/C29H42N2O3S/c1-22-11-7-8-14-24(22)25-15-9-10-18-29(25,28(34)30-26(27(32)33)17-20-35-3)21-31(2)19-16-23-12-5-4-6-13-23/h7-11,14-15,18,23,25-26H,4-6,12-13,16-17,19-21H2,1-3H3,(H,30,34)(H,32,33)/t25?,26-,29?/m0/s1. The largest absolute Gasteiger partial charge is 0.480 e. The number of aliphatic carboxylic acids is 1. The van der Waals surface area contributed by atoms with Crippen molar-refractivity contribution < 1.29 is 14.7 Å². The van der Waals surface area contributed by atoms with Crippen molar-refractivity contribution in [3.8, 4) is 0 Å². The summed E-state index contributed by atoms with van der Waals surface area (Å²) >= 11 is 1.59. The Labute approximate surface area is 215 Å². The Kier molecular flexibility index (Phi) is 10.5. The van der Waals surface area contributed by atoms with Crippen LogP contribution in [0.1, 0.15) is 62.0 Å². The molecule has 5 nitrogen and oxygen atoms in total. The van der Waals surface area contributed by atoms with Gasteiger partial charge in [-0.1, -0.05) is 80.7 Å². The van der Waals surface area contributed by atoms with E-state index in [1.807, 2.05) is 36.6 Å². The Bertz CT molecular complexity index is 909. The van der Waals surface area contributed by atoms with Gasteiger partial charge in [0.15, 0.2) is 0 Å². The molecule has 0 aromatic heterocycles. The van der Waals surface area contributed by atoms with Crippen LogP contribution in [0, 0.1) is 18.3 Å². The van der Waals surface area contributed by atoms with Crippen molar-refractivity contribution in [1.82, 2.24) is 10.2 Å². The van der Waals surface area contributed by atoms with E-state index in [1.165, 1.54) is 32.1 Å². The lowest BCUT2D eigenvalue weighted by Gasteiger charge is -2.41. The molecule has 1 fully saturated rings. The van der Waals surface area contributed by atoms with E-state index in [0.29, 0.717) is 18.7 Å². The first-order valence-electron chi connectivity index (χ1n) is 13.0. The van der Waals surface area contributed by atoms with Gasteiger partial charge in [0.1, 0.15) is 6.04 Å². The number of carbonyl (C=O) groups is 2. The molecule has 3 rings (SSSR count). The van der Waals surface area contributed by atoms with Crippen LogP contribution in [0.4, 0.5) is 0 Å². The number of benzene rings is 1. The van der Waals surface area contributed by atoms with Crippen molar-refractivity contribution in [3.05, 3.63) is 59.7 Å². The van der Waals surface area contributed by atoms with Gasteiger partial charge >= 0.3 is 5.97 Å². The molecule has 2 aliphatic carbocycles. The Balaban J connectivity index is 1.88. The summed E-state index contributed by atoms with van der Waals surface area (Å²) in [5, 5.41) is 12.7. The summed E-state index contributed by atoms with van der Waals surface area (Å²) in [5.41, 5.74) is 1.37. The minimum absolute atomic E-state index is 0.166. The fourth-order valence-electron chi connectivity index (χ4n) is 5.62. The van der Waals surface area contributed by atoms with Gasteiger partial charge < -0.3 is 15.3 Å². The fraction of sp³-hybridized carbons (Fsp3) is 0.586. The van der Waals surface area contributed by atoms with E-state index in [-0.39, 0.29) is 11.8 Å². The predicted octanol–water partition coefficient (Wildman–Crippen LogP) is 5.42. The van der Waals surface area contributed by atoms with Crippen molar-refractivity contribution in [1.29, 1.82) is 0 Å². The van der Waals surface area contributed by atoms with Crippen molar-refractivity contribution in [3.63, 3.8) is 0 Å². The molecule has 0 saturated heterocycles. The molecule has 0 spiro atoms. The van der Waals surface area contributed by atoms with Crippen molar-refractivity contribution in [2.45, 2.75) is 63.8 Å². The number of aryl methyl sites for hydroxylation is 1. The minimum atomic E-state index is -0.976. The molecule has 6 heteroatoms. The molecule has 192 valence electrons. The van der Waals surface area contributed by atoms with Gasteiger partial charge in [0.05, 0.1) is 5.41 Å². The minimum Gasteiger partial charge on any atom is -0.480 e. The van der Waals surface area contributed by atoms with Crippen LogP contribution in [0.2, 0.25) is 0 Å². The first kappa shape index (κ1) is 27.5. The molecule has 1 aromatic rings. The molecule has 2 unspecified atom stereocenters. The summed E-state index contributed by atoms with van der Waals surface area (Å²) in [6.45, 7) is 3.56. The summed E-state index contributed by atoms with van der Waals surface area (Å²) in [4.78, 5) is 28.3. The molecular weight excluding hydrogens is 456 g/mol. The molecule has 0 aliphatic heterocycles. The molecule has 1 amide bonds. The number of hydrogen-bond acceptors (Lipinski definition) is 4. The van der Waals surface area contributed by atoms with E-state index in [0.717, 1.165) is 30.0 Å². The second-order valence-corrected chi connectivity index (χ2v) is 11.3. The maximum absolute atomic E-state index is 14.0. The molecule has 2 N–H and O–H groups in total. The lowest BCUT2D eigenvalue weighted by atomic mass is 9.67. The first-order chi connectivity index (χ1) is 16.9. The van der Waals surface area contributed by atoms with Crippen molar-refractivity contribution >= 4 is 23.6 Å². The number of nitrogens with zero attached hydrogens (tertiary/aromatic N) is 1. The first-order valence-corrected chi connectivity index (χ1v) is 14.4. The molecule has 0 radical (unpaired) electrons. The average Bonchev–Trinajstić information content (AvgIpc) is 2.86. The van der Waals surface area contributed by atoms with Gasteiger partial charge in [-0.15, -0.1) is 0 Å². The van der Waals surface area contributed by atoms with E-state index in [9.17, 15) is 14.7 Å². The van der Waals surface area contributed by atoms with E-state index in [1.54, 1.807) is 11.8 Å². The molecule has 0 bridgehead atoms. The van der Waals surface area contributed by atoms with Crippen molar-refractivity contribution in [2.24, 2.45) is 11.3 Å². The van der Waals surface area contributed by atoms with Gasteiger partial charge in [-0.05, 0) is 62.4 Å². The van der Waals surface area contributed by atoms with Crippen LogP contribution < -0.4 is 5.32 Å². The van der Waals surface area contributed by atoms with Crippen LogP contribution in [0.15, 0.2) is 48.6 Å². The van der Waals surface area contributed by atoms with Gasteiger partial charge in [-0.3, -0.25) is 4.79 Å². The average molecular weight is 499 g/mol. The number of nitrogens with one attached hydrogen (secondary N) is 1. The summed E-state index contributed by atoms with van der Waals surface area (Å²) in [5.74, 6) is 0.108. The Morgan fingerprint density at radius 1 is 1.20 bits per heavy atom. The summed E-state index contributed by atoms with van der Waals surface area (Å²) in [7, 11) is 2.10. The fourth-order valence-corrected chi connectivity index (χ4v) is 6.10. The third-order valence-electron chi connectivity index (χ3n) is 7.70. The van der Waals surface area contributed by atoms with Crippen LogP contribution in [0.5, 0.6) is 0 Å². The quantitative estimate of drug-likeness (QED) is 0.403. The van der Waals surface area contributed by atoms with Crippen LogP contribution in [0.25, 0.3) is 0 Å². The molecule has 0 heterocycles. The van der Waals surface area contributed by atoms with Gasteiger partial charge in [0.25, 0.3) is 0 Å². The summed E-state index contributed by atoms with van der Waals surface area (Å²) in [6.07, 6.45) is 18.2. The Morgan fingerprint density at radius 3 is 2.63 bits per heavy atom. The molecule has 1 aromatic carbocycles. The zero-order valence-electron chi connectivity index (χ0n) is 21.5. The molecule has 35 heavy (non-hydrogen) atoms. The van der Waals surface area contributed by atoms with Crippen LogP contribution in [-0.2, 0) is 9.59 Å². The zero-order valence-corrected chi connectivity index (χ0v) is 22.4. The van der Waals surface area contributed by atoms with Crippen LogP contribution in [-0.4, -0.2) is 60.1 Å². The SMILES string of the molecule is CSCC[C@H](NC(=O)C1(CN(C)CCC2CCCCC2)C=CC=CC1c1ccccc1C)C(=O)O. The number of carboxylic acid groups (broad SMARTS) is 1. The number of rotatable bonds is 12. The number of carboxylic acids is 1. The molecule has 3 atom stereocenters. The number of carbonyl (C=O) groups excluding carboxylic acids is 1. The van der Waals surface area contributed by atoms with E-state index in [2.05, 4.69) is 42.4 Å². The second-order valence-electron chi connectivity index (χ2n) is 10.3. The smallest absolute Gasteiger partial charge is 0.326 e. The molecule has 2 aliphatic rings. The Hall–Kier alpha value is -2.05. The number of allylic oxidation sites excluding steroid dienone is 3. The van der Waals surface area contributed by atoms with E-state index >= 15 is 0 Å². The lowest BCUT2D eigenvalue weighted by molar-refractivity contribution is -0.143. The highest BCUT2D eigenvalue weighted by Gasteiger charge is 2.46. The summed E-state index contributed by atoms with van der Waals surface area (Å²) < 4.78 is 0. The van der Waals surface area contributed by atoms with Gasteiger partial charge in [-0.25, -0.2) is 4.79 Å². The van der Waals surface area contributed by atoms with Gasteiger partial charge in [0.2, 0.25) is 5.91 Å². The number of hydrogen-bond donors (Lipinski definition) is 2. The van der Waals surface area contributed by atoms with Crippen molar-refractivity contribution in [2.75, 3.05) is 32.1 Å². The monoisotopic (exact) mass is 498 g/mol. The number of amides is 1. The second kappa shape index (κ2) is 13.3. The molecular formula is C29H42N2O3S. The predicted molar refractivity (Wildman–Crippen MR) is 146 cm³/mol. The summed E-state index contributed by atoms with van der Waals surface area (Å²) in [6, 6.07) is 7.31. The normalized spacial score (nSPS) is 23.4. The van der Waals surface area contributed by atoms with Gasteiger partial charge in [0, 0.05) is 12.5 Å². The topological polar surface area (TPSA) is 69.6 Å². The highest BCUT2D eigenvalue weighted by molar-refractivity contribution is 7.98. The van der Waals surface area contributed by atoms with E-state index in [4.69, 9.17) is 0 Å².